The number of nitrogens with zero attached hydrogens (tertiary/aromatic N) is 2. The molecule has 0 aliphatic carbocycles. The zero-order valence-corrected chi connectivity index (χ0v) is 6.60. The van der Waals surface area contributed by atoms with Gasteiger partial charge in [-0.2, -0.15) is 0 Å². The molecule has 4 nitrogen and oxygen atoms in total. The lowest BCUT2D eigenvalue weighted by molar-refractivity contribution is 0.0690. The molecule has 0 aliphatic rings. The number of aromatic nitrogens is 2. The Balaban J connectivity index is 3.27. The maximum absolute atomic E-state index is 10.3. The summed E-state index contributed by atoms with van der Waals surface area (Å²) in [5.41, 5.74) is -0.285. The summed E-state index contributed by atoms with van der Waals surface area (Å²) in [5.74, 6) is -1.22. The topological polar surface area (TPSA) is 63.1 Å². The van der Waals surface area contributed by atoms with Crippen molar-refractivity contribution in [1.29, 1.82) is 0 Å². The molecule has 1 heterocycles. The molecule has 0 atom stereocenters. The number of halogens is 2. The van der Waals surface area contributed by atoms with Crippen molar-refractivity contribution >= 4 is 29.2 Å². The lowest BCUT2D eigenvalue weighted by Gasteiger charge is -1.96. The third-order valence-corrected chi connectivity index (χ3v) is 1.69. The van der Waals surface area contributed by atoms with Crippen molar-refractivity contribution < 1.29 is 9.90 Å². The van der Waals surface area contributed by atoms with Crippen LogP contribution in [0.4, 0.5) is 0 Å². The lowest BCUT2D eigenvalue weighted by Crippen LogP contribution is -2.01. The SMILES string of the molecule is O=C(O)c1ncnc(Cl)c1Cl. The fourth-order valence-electron chi connectivity index (χ4n) is 0.497. The highest BCUT2D eigenvalue weighted by Gasteiger charge is 2.12. The van der Waals surface area contributed by atoms with Crippen LogP contribution in [0.5, 0.6) is 0 Å². The average molecular weight is 193 g/mol. The van der Waals surface area contributed by atoms with Gasteiger partial charge < -0.3 is 5.11 Å². The lowest BCUT2D eigenvalue weighted by atomic mass is 10.4. The van der Waals surface area contributed by atoms with E-state index in [1.54, 1.807) is 0 Å². The minimum atomic E-state index is -1.22. The van der Waals surface area contributed by atoms with Crippen LogP contribution < -0.4 is 0 Å². The molecular formula is C5H2Cl2N2O2. The van der Waals surface area contributed by atoms with Crippen molar-refractivity contribution in [2.45, 2.75) is 0 Å². The maximum Gasteiger partial charge on any atom is 0.356 e. The fourth-order valence-corrected chi connectivity index (χ4v) is 0.809. The van der Waals surface area contributed by atoms with Crippen molar-refractivity contribution in [3.63, 3.8) is 0 Å². The summed E-state index contributed by atoms with van der Waals surface area (Å²) in [4.78, 5) is 17.2. The Hall–Kier alpha value is -0.870. The molecule has 0 radical (unpaired) electrons. The summed E-state index contributed by atoms with van der Waals surface area (Å²) in [6, 6.07) is 0. The molecule has 0 fully saturated rings. The minimum Gasteiger partial charge on any atom is -0.476 e. The molecule has 11 heavy (non-hydrogen) atoms. The first-order chi connectivity index (χ1) is 5.13. The molecule has 0 aromatic carbocycles. The molecule has 1 rings (SSSR count). The second-order valence-electron chi connectivity index (χ2n) is 1.63. The van der Waals surface area contributed by atoms with Crippen LogP contribution in [-0.4, -0.2) is 21.0 Å². The van der Waals surface area contributed by atoms with E-state index in [-0.39, 0.29) is 15.9 Å². The van der Waals surface area contributed by atoms with Gasteiger partial charge in [0.1, 0.15) is 11.3 Å². The Kier molecular flexibility index (Phi) is 2.26. The highest BCUT2D eigenvalue weighted by molar-refractivity contribution is 6.42. The zero-order chi connectivity index (χ0) is 8.43. The Morgan fingerprint density at radius 3 is 2.55 bits per heavy atom. The van der Waals surface area contributed by atoms with E-state index in [1.165, 1.54) is 0 Å². The van der Waals surface area contributed by atoms with Gasteiger partial charge in [-0.05, 0) is 0 Å². The standard InChI is InChI=1S/C5H2Cl2N2O2/c6-2-3(5(10)11)8-1-9-4(2)7/h1H,(H,10,11). The second kappa shape index (κ2) is 3.02. The molecule has 0 unspecified atom stereocenters. The first-order valence-electron chi connectivity index (χ1n) is 2.52. The van der Waals surface area contributed by atoms with E-state index in [4.69, 9.17) is 28.3 Å². The van der Waals surface area contributed by atoms with E-state index < -0.39 is 5.97 Å². The predicted octanol–water partition coefficient (Wildman–Crippen LogP) is 1.48. The Morgan fingerprint density at radius 2 is 2.09 bits per heavy atom. The van der Waals surface area contributed by atoms with E-state index in [9.17, 15) is 4.79 Å². The van der Waals surface area contributed by atoms with Crippen molar-refractivity contribution in [2.24, 2.45) is 0 Å². The van der Waals surface area contributed by atoms with Gasteiger partial charge in [-0.1, -0.05) is 23.2 Å². The van der Waals surface area contributed by atoms with E-state index in [1.807, 2.05) is 0 Å². The molecule has 1 N–H and O–H groups in total. The van der Waals surface area contributed by atoms with Crippen molar-refractivity contribution in [2.75, 3.05) is 0 Å². The average Bonchev–Trinajstić information content (AvgIpc) is 1.94. The number of hydrogen-bond donors (Lipinski definition) is 1. The number of hydrogen-bond acceptors (Lipinski definition) is 3. The van der Waals surface area contributed by atoms with Crippen LogP contribution in [0.1, 0.15) is 10.5 Å². The molecule has 0 aliphatic heterocycles. The fraction of sp³-hybridized carbons (Fsp3) is 0. The van der Waals surface area contributed by atoms with Crippen LogP contribution in [0, 0.1) is 0 Å². The Bertz CT molecular complexity index is 303. The van der Waals surface area contributed by atoms with Crippen LogP contribution >= 0.6 is 23.2 Å². The highest BCUT2D eigenvalue weighted by atomic mass is 35.5. The molecule has 6 heteroatoms. The molecular weight excluding hydrogens is 191 g/mol. The molecule has 58 valence electrons. The second-order valence-corrected chi connectivity index (χ2v) is 2.37. The first-order valence-corrected chi connectivity index (χ1v) is 3.28. The van der Waals surface area contributed by atoms with Crippen molar-refractivity contribution in [1.82, 2.24) is 9.97 Å². The monoisotopic (exact) mass is 192 g/mol. The highest BCUT2D eigenvalue weighted by Crippen LogP contribution is 2.20. The van der Waals surface area contributed by atoms with Gasteiger partial charge in [0.2, 0.25) is 0 Å². The number of aromatic carboxylic acids is 1. The van der Waals surface area contributed by atoms with Gasteiger partial charge >= 0.3 is 5.97 Å². The number of rotatable bonds is 1. The van der Waals surface area contributed by atoms with Crippen LogP contribution in [-0.2, 0) is 0 Å². The van der Waals surface area contributed by atoms with Crippen molar-refractivity contribution in [3.05, 3.63) is 22.2 Å². The molecule has 0 bridgehead atoms. The summed E-state index contributed by atoms with van der Waals surface area (Å²) in [5, 5.41) is 8.26. The summed E-state index contributed by atoms with van der Waals surface area (Å²) in [7, 11) is 0. The van der Waals surface area contributed by atoms with Gasteiger partial charge in [0, 0.05) is 0 Å². The zero-order valence-electron chi connectivity index (χ0n) is 5.08. The van der Waals surface area contributed by atoms with Crippen LogP contribution in [0.3, 0.4) is 0 Å². The summed E-state index contributed by atoms with van der Waals surface area (Å²) < 4.78 is 0. The molecule has 1 aromatic heterocycles. The van der Waals surface area contributed by atoms with Gasteiger partial charge in [-0.25, -0.2) is 14.8 Å². The number of carboxylic acids is 1. The third-order valence-electron chi connectivity index (χ3n) is 0.950. The predicted molar refractivity (Wildman–Crippen MR) is 39.0 cm³/mol. The molecule has 0 saturated heterocycles. The van der Waals surface area contributed by atoms with Crippen molar-refractivity contribution in [3.8, 4) is 0 Å². The number of carbonyl (C=O) groups is 1. The van der Waals surface area contributed by atoms with Gasteiger partial charge in [0.05, 0.1) is 0 Å². The Morgan fingerprint density at radius 1 is 1.45 bits per heavy atom. The van der Waals surface area contributed by atoms with E-state index >= 15 is 0 Å². The maximum atomic E-state index is 10.3. The molecule has 1 aromatic rings. The van der Waals surface area contributed by atoms with Gasteiger partial charge in [-0.3, -0.25) is 0 Å². The first kappa shape index (κ1) is 8.23. The quantitative estimate of drug-likeness (QED) is 0.686. The van der Waals surface area contributed by atoms with E-state index in [2.05, 4.69) is 9.97 Å². The van der Waals surface area contributed by atoms with E-state index in [0.717, 1.165) is 6.33 Å². The Labute approximate surface area is 71.8 Å². The normalized spacial score (nSPS) is 9.64. The molecule has 0 amide bonds. The van der Waals surface area contributed by atoms with Crippen LogP contribution in [0.25, 0.3) is 0 Å². The molecule has 0 spiro atoms. The number of carboxylic acid groups (broad SMARTS) is 1. The summed E-state index contributed by atoms with van der Waals surface area (Å²) in [6.07, 6.45) is 1.04. The van der Waals surface area contributed by atoms with Crippen LogP contribution in [0.15, 0.2) is 6.33 Å². The van der Waals surface area contributed by atoms with Gasteiger partial charge in [-0.15, -0.1) is 0 Å². The van der Waals surface area contributed by atoms with E-state index in [0.29, 0.717) is 0 Å². The van der Waals surface area contributed by atoms with Gasteiger partial charge in [0.25, 0.3) is 0 Å². The van der Waals surface area contributed by atoms with Gasteiger partial charge in [0.15, 0.2) is 10.8 Å². The largest absolute Gasteiger partial charge is 0.476 e. The smallest absolute Gasteiger partial charge is 0.356 e. The van der Waals surface area contributed by atoms with Crippen LogP contribution in [0.2, 0.25) is 10.2 Å². The third kappa shape index (κ3) is 1.58. The summed E-state index contributed by atoms with van der Waals surface area (Å²) in [6.45, 7) is 0. The molecule has 0 saturated carbocycles. The minimum absolute atomic E-state index is 0.0564. The summed E-state index contributed by atoms with van der Waals surface area (Å²) >= 11 is 10.9.